The van der Waals surface area contributed by atoms with E-state index in [9.17, 15) is 0 Å². The lowest BCUT2D eigenvalue weighted by molar-refractivity contribution is 0.218. The number of aromatic nitrogens is 1. The Morgan fingerprint density at radius 3 is 3.14 bits per heavy atom. The molecule has 1 heterocycles. The first kappa shape index (κ1) is 11.0. The quantitative estimate of drug-likeness (QED) is 0.331. The lowest BCUT2D eigenvalue weighted by atomic mass is 10.2. The topological polar surface area (TPSA) is 72.0 Å². The molecule has 1 aromatic heterocycles. The maximum absolute atomic E-state index is 7.26. The summed E-state index contributed by atoms with van der Waals surface area (Å²) in [5, 5.41) is 8.13. The SMILES string of the molecule is COCCSc1cc(C(=N)N)ccn1. The molecule has 1 aromatic rings. The highest BCUT2D eigenvalue weighted by Gasteiger charge is 1.99. The molecule has 0 atom stereocenters. The number of pyridine rings is 1. The van der Waals surface area contributed by atoms with Gasteiger partial charge in [0.2, 0.25) is 0 Å². The van der Waals surface area contributed by atoms with Crippen molar-refractivity contribution in [2.45, 2.75) is 5.03 Å². The van der Waals surface area contributed by atoms with Crippen LogP contribution in [0.1, 0.15) is 5.56 Å². The molecule has 0 aromatic carbocycles. The fourth-order valence-corrected chi connectivity index (χ4v) is 1.69. The van der Waals surface area contributed by atoms with Crippen molar-refractivity contribution in [2.24, 2.45) is 5.73 Å². The Bertz CT molecular complexity index is 317. The van der Waals surface area contributed by atoms with Crippen LogP contribution < -0.4 is 5.73 Å². The summed E-state index contributed by atoms with van der Waals surface area (Å²) in [4.78, 5) is 4.15. The summed E-state index contributed by atoms with van der Waals surface area (Å²) in [6, 6.07) is 3.53. The predicted molar refractivity (Wildman–Crippen MR) is 57.9 cm³/mol. The molecule has 0 radical (unpaired) electrons. The van der Waals surface area contributed by atoms with Gasteiger partial charge >= 0.3 is 0 Å². The first-order valence-electron chi connectivity index (χ1n) is 4.16. The molecule has 0 saturated carbocycles. The monoisotopic (exact) mass is 211 g/mol. The number of nitrogen functional groups attached to an aromatic ring is 1. The summed E-state index contributed by atoms with van der Waals surface area (Å²) in [6.45, 7) is 0.691. The van der Waals surface area contributed by atoms with Crippen molar-refractivity contribution in [1.29, 1.82) is 5.41 Å². The van der Waals surface area contributed by atoms with Gasteiger partial charge in [0.05, 0.1) is 11.6 Å². The van der Waals surface area contributed by atoms with Crippen LogP contribution in [-0.4, -0.2) is 30.3 Å². The molecule has 0 saturated heterocycles. The van der Waals surface area contributed by atoms with Crippen molar-refractivity contribution in [1.82, 2.24) is 4.98 Å². The molecule has 0 aliphatic heterocycles. The second kappa shape index (κ2) is 5.62. The van der Waals surface area contributed by atoms with Crippen molar-refractivity contribution in [2.75, 3.05) is 19.5 Å². The fraction of sp³-hybridized carbons (Fsp3) is 0.333. The molecule has 0 aliphatic carbocycles. The van der Waals surface area contributed by atoms with Crippen molar-refractivity contribution < 1.29 is 4.74 Å². The van der Waals surface area contributed by atoms with Crippen LogP contribution in [0.25, 0.3) is 0 Å². The summed E-state index contributed by atoms with van der Waals surface area (Å²) in [7, 11) is 1.67. The van der Waals surface area contributed by atoms with E-state index in [1.165, 1.54) is 0 Å². The van der Waals surface area contributed by atoms with E-state index in [0.29, 0.717) is 12.2 Å². The zero-order chi connectivity index (χ0) is 10.4. The molecule has 0 amide bonds. The van der Waals surface area contributed by atoms with E-state index in [4.69, 9.17) is 15.9 Å². The molecular weight excluding hydrogens is 198 g/mol. The van der Waals surface area contributed by atoms with E-state index in [2.05, 4.69) is 4.98 Å². The van der Waals surface area contributed by atoms with Gasteiger partial charge in [0.1, 0.15) is 5.84 Å². The average molecular weight is 211 g/mol. The van der Waals surface area contributed by atoms with Crippen LogP contribution in [-0.2, 0) is 4.74 Å². The molecular formula is C9H13N3OS. The van der Waals surface area contributed by atoms with Gasteiger partial charge in [0.15, 0.2) is 0 Å². The Hall–Kier alpha value is -1.07. The van der Waals surface area contributed by atoms with Gasteiger partial charge in [0, 0.05) is 24.6 Å². The second-order valence-electron chi connectivity index (χ2n) is 2.64. The van der Waals surface area contributed by atoms with Crippen LogP contribution in [0, 0.1) is 5.41 Å². The Balaban J connectivity index is 2.59. The molecule has 14 heavy (non-hydrogen) atoms. The number of ether oxygens (including phenoxy) is 1. The van der Waals surface area contributed by atoms with Crippen LogP contribution in [0.2, 0.25) is 0 Å². The minimum atomic E-state index is 0.0704. The first-order valence-corrected chi connectivity index (χ1v) is 5.15. The predicted octanol–water partition coefficient (Wildman–Crippen LogP) is 1.10. The van der Waals surface area contributed by atoms with Crippen LogP contribution in [0.3, 0.4) is 0 Å². The van der Waals surface area contributed by atoms with Crippen molar-refractivity contribution in [3.05, 3.63) is 23.9 Å². The van der Waals surface area contributed by atoms with Crippen molar-refractivity contribution in [3.63, 3.8) is 0 Å². The lowest BCUT2D eigenvalue weighted by Gasteiger charge is -2.02. The Morgan fingerprint density at radius 2 is 2.50 bits per heavy atom. The minimum Gasteiger partial charge on any atom is -0.384 e. The smallest absolute Gasteiger partial charge is 0.122 e. The number of amidine groups is 1. The first-order chi connectivity index (χ1) is 6.74. The molecule has 0 aliphatic rings. The number of hydrogen-bond acceptors (Lipinski definition) is 4. The normalized spacial score (nSPS) is 10.1. The number of hydrogen-bond donors (Lipinski definition) is 2. The van der Waals surface area contributed by atoms with Gasteiger partial charge in [-0.3, -0.25) is 5.41 Å². The summed E-state index contributed by atoms with van der Waals surface area (Å²) in [5.41, 5.74) is 6.07. The third-order valence-corrected chi connectivity index (χ3v) is 2.47. The Kier molecular flexibility index (Phi) is 4.42. The average Bonchev–Trinajstić information content (AvgIpc) is 2.19. The van der Waals surface area contributed by atoms with Gasteiger partial charge in [-0.25, -0.2) is 4.98 Å². The van der Waals surface area contributed by atoms with E-state index >= 15 is 0 Å². The Morgan fingerprint density at radius 1 is 1.71 bits per heavy atom. The number of nitrogens with two attached hydrogens (primary N) is 1. The Labute approximate surface area is 87.4 Å². The van der Waals surface area contributed by atoms with Gasteiger partial charge < -0.3 is 10.5 Å². The van der Waals surface area contributed by atoms with Crippen LogP contribution in [0.5, 0.6) is 0 Å². The van der Waals surface area contributed by atoms with E-state index in [-0.39, 0.29) is 5.84 Å². The highest BCUT2D eigenvalue weighted by Crippen LogP contribution is 2.15. The van der Waals surface area contributed by atoms with E-state index in [1.54, 1.807) is 31.1 Å². The molecule has 0 unspecified atom stereocenters. The zero-order valence-electron chi connectivity index (χ0n) is 7.99. The largest absolute Gasteiger partial charge is 0.384 e. The van der Waals surface area contributed by atoms with Gasteiger partial charge in [-0.2, -0.15) is 0 Å². The molecule has 3 N–H and O–H groups in total. The number of thioether (sulfide) groups is 1. The maximum Gasteiger partial charge on any atom is 0.122 e. The summed E-state index contributed by atoms with van der Waals surface area (Å²) < 4.78 is 4.93. The van der Waals surface area contributed by atoms with Gasteiger partial charge in [0.25, 0.3) is 0 Å². The van der Waals surface area contributed by atoms with Crippen LogP contribution in [0.4, 0.5) is 0 Å². The van der Waals surface area contributed by atoms with Gasteiger partial charge in [-0.1, -0.05) is 0 Å². The third-order valence-electron chi connectivity index (χ3n) is 1.58. The van der Waals surface area contributed by atoms with E-state index < -0.39 is 0 Å². The molecule has 4 nitrogen and oxygen atoms in total. The molecule has 76 valence electrons. The number of methoxy groups -OCH3 is 1. The summed E-state index contributed by atoms with van der Waals surface area (Å²) in [6.07, 6.45) is 1.66. The van der Waals surface area contributed by atoms with Crippen molar-refractivity contribution in [3.8, 4) is 0 Å². The van der Waals surface area contributed by atoms with E-state index in [1.807, 2.05) is 6.07 Å². The van der Waals surface area contributed by atoms with Crippen LogP contribution >= 0.6 is 11.8 Å². The molecule has 1 rings (SSSR count). The number of rotatable bonds is 5. The highest BCUT2D eigenvalue weighted by molar-refractivity contribution is 7.99. The lowest BCUT2D eigenvalue weighted by Crippen LogP contribution is -2.11. The number of nitrogens with one attached hydrogen (secondary N) is 1. The zero-order valence-corrected chi connectivity index (χ0v) is 8.80. The fourth-order valence-electron chi connectivity index (χ4n) is 0.885. The van der Waals surface area contributed by atoms with Gasteiger partial charge in [-0.05, 0) is 12.1 Å². The molecule has 0 bridgehead atoms. The molecule has 0 spiro atoms. The molecule has 0 fully saturated rings. The van der Waals surface area contributed by atoms with E-state index in [0.717, 1.165) is 10.8 Å². The summed E-state index contributed by atoms with van der Waals surface area (Å²) >= 11 is 1.59. The third kappa shape index (κ3) is 3.35. The van der Waals surface area contributed by atoms with Crippen molar-refractivity contribution >= 4 is 17.6 Å². The highest BCUT2D eigenvalue weighted by atomic mass is 32.2. The second-order valence-corrected chi connectivity index (χ2v) is 3.75. The van der Waals surface area contributed by atoms with Crippen LogP contribution in [0.15, 0.2) is 23.4 Å². The standard InChI is InChI=1S/C9H13N3OS/c1-13-4-5-14-8-6-7(9(10)11)2-3-12-8/h2-3,6H,4-5H2,1H3,(H3,10,11). The summed E-state index contributed by atoms with van der Waals surface area (Å²) in [5.74, 6) is 0.922. The molecule has 5 heteroatoms. The number of nitrogens with zero attached hydrogens (tertiary/aromatic N) is 1. The maximum atomic E-state index is 7.26. The minimum absolute atomic E-state index is 0.0704. The van der Waals surface area contributed by atoms with Gasteiger partial charge in [-0.15, -0.1) is 11.8 Å².